The molecule has 1 spiro atoms. The van der Waals surface area contributed by atoms with Gasteiger partial charge in [0.05, 0.1) is 26.4 Å². The summed E-state index contributed by atoms with van der Waals surface area (Å²) in [5, 5.41) is 16.1. The van der Waals surface area contributed by atoms with Crippen LogP contribution in [0.1, 0.15) is 90.3 Å². The summed E-state index contributed by atoms with van der Waals surface area (Å²) in [6.45, 7) is 16.1. The molecule has 2 unspecified atom stereocenters. The molecule has 7 rings (SSSR count). The molecule has 5 aliphatic rings. The molecule has 1 saturated heterocycles. The minimum Gasteiger partial charge on any atom is -0.496 e. The number of aliphatic hydroxyl groups excluding tert-OH is 1. The van der Waals surface area contributed by atoms with Gasteiger partial charge in [-0.2, -0.15) is 5.06 Å². The van der Waals surface area contributed by atoms with Crippen LogP contribution < -0.4 is 10.1 Å². The molecule has 0 radical (unpaired) electrons. The number of nitrogens with zero attached hydrogens (tertiary/aromatic N) is 3. The van der Waals surface area contributed by atoms with Crippen molar-refractivity contribution in [1.82, 2.24) is 20.2 Å². The maximum atomic E-state index is 15.3. The number of rotatable bonds is 15. The van der Waals surface area contributed by atoms with Crippen LogP contribution in [0.25, 0.3) is 0 Å². The molecule has 1 amide bonds. The number of hydrogen-bond donors (Lipinski definition) is 2. The van der Waals surface area contributed by atoms with Crippen molar-refractivity contribution in [3.8, 4) is 5.75 Å². The molecule has 282 valence electrons. The molecule has 5 fully saturated rings. The highest BCUT2D eigenvalue weighted by atomic mass is 19.1. The molecular weight excluding hydrogens is 643 g/mol. The van der Waals surface area contributed by atoms with E-state index >= 15 is 4.39 Å². The molecule has 9 heteroatoms. The van der Waals surface area contributed by atoms with Gasteiger partial charge in [0.25, 0.3) is 0 Å². The number of nitrogens with one attached hydrogen (secondary N) is 1. The number of amides is 1. The predicted molar refractivity (Wildman–Crippen MR) is 199 cm³/mol. The van der Waals surface area contributed by atoms with Gasteiger partial charge in [-0.3, -0.25) is 14.5 Å². The Balaban J connectivity index is 1.21. The topological polar surface area (TPSA) is 77.5 Å². The van der Waals surface area contributed by atoms with Gasteiger partial charge in [0.1, 0.15) is 17.6 Å². The van der Waals surface area contributed by atoms with E-state index in [1.165, 1.54) is 18.9 Å². The summed E-state index contributed by atoms with van der Waals surface area (Å²) >= 11 is 0. The summed E-state index contributed by atoms with van der Waals surface area (Å²) in [6, 6.07) is 13.2. The van der Waals surface area contributed by atoms with Crippen molar-refractivity contribution in [2.75, 3.05) is 34.4 Å². The Morgan fingerprint density at radius 3 is 2.45 bits per heavy atom. The average Bonchev–Trinajstić information content (AvgIpc) is 3.48. The summed E-state index contributed by atoms with van der Waals surface area (Å²) < 4.78 is 20.9. The lowest BCUT2D eigenvalue weighted by Crippen LogP contribution is -2.78. The SMILES string of the molecule is COc1cccc(F)c1CN(Cc1cccc(CN2OC[C@@H]([C@H](C)O)C2C(=O)N[C@H]2C[C@H]3C[C@]4(CCC24C)C3(C)C)c1)[C@@H](CC(C)C)CN(C)C. The second-order valence-corrected chi connectivity index (χ2v) is 17.8. The van der Waals surface area contributed by atoms with E-state index < -0.39 is 12.1 Å². The van der Waals surface area contributed by atoms with Crippen molar-refractivity contribution in [3.05, 3.63) is 65.0 Å². The highest BCUT2D eigenvalue weighted by molar-refractivity contribution is 5.83. The Bertz CT molecular complexity index is 1540. The van der Waals surface area contributed by atoms with Crippen molar-refractivity contribution in [3.63, 3.8) is 0 Å². The maximum absolute atomic E-state index is 15.3. The average molecular weight is 707 g/mol. The monoisotopic (exact) mass is 706 g/mol. The van der Waals surface area contributed by atoms with Crippen LogP contribution in [0, 0.1) is 39.8 Å². The number of carbonyl (C=O) groups is 1. The molecule has 8 nitrogen and oxygen atoms in total. The number of carbonyl (C=O) groups excluding carboxylic acids is 1. The minimum atomic E-state index is -0.681. The molecule has 0 aromatic heterocycles. The fourth-order valence-corrected chi connectivity index (χ4v) is 10.7. The summed E-state index contributed by atoms with van der Waals surface area (Å²) in [6.07, 6.45) is 4.99. The predicted octanol–water partition coefficient (Wildman–Crippen LogP) is 6.65. The zero-order chi connectivity index (χ0) is 36.9. The number of halogens is 1. The van der Waals surface area contributed by atoms with E-state index in [0.717, 1.165) is 36.9 Å². The van der Waals surface area contributed by atoms with Crippen LogP contribution in [0.5, 0.6) is 5.75 Å². The first-order chi connectivity index (χ1) is 24.1. The van der Waals surface area contributed by atoms with E-state index in [1.807, 2.05) is 6.07 Å². The Labute approximate surface area is 306 Å². The standard InChI is InChI=1S/C42H63FN4O4/c1-27(2)18-32(24-45(7)8)46(25-33-35(43)14-11-15-36(33)50-9)22-29-12-10-13-30(19-29)23-47-38(34(26-51-47)28(3)48)39(49)44-37-20-31-21-42(40(31,4)5)17-16-41(37,42)6/h10-15,19,27-28,31-32,34,37-38,48H,16-18,20-26H2,1-9H3,(H,44,49)/t28-,31-,32-,34-,37-,38?,41?,42+/m0/s1. The molecular formula is C42H63FN4O4. The van der Waals surface area contributed by atoms with Crippen molar-refractivity contribution in [2.24, 2.45) is 34.0 Å². The Morgan fingerprint density at radius 2 is 1.82 bits per heavy atom. The fourth-order valence-electron chi connectivity index (χ4n) is 10.7. The zero-order valence-electron chi connectivity index (χ0n) is 32.5. The first-order valence-electron chi connectivity index (χ1n) is 19.3. The molecule has 51 heavy (non-hydrogen) atoms. The summed E-state index contributed by atoms with van der Waals surface area (Å²) in [5.74, 6) is 1.04. The van der Waals surface area contributed by atoms with Crippen molar-refractivity contribution in [1.29, 1.82) is 0 Å². The van der Waals surface area contributed by atoms with Gasteiger partial charge in [-0.25, -0.2) is 4.39 Å². The van der Waals surface area contributed by atoms with Crippen molar-refractivity contribution < 1.29 is 23.9 Å². The first-order valence-corrected chi connectivity index (χ1v) is 19.3. The summed E-state index contributed by atoms with van der Waals surface area (Å²) in [4.78, 5) is 25.0. The van der Waals surface area contributed by atoms with E-state index in [2.05, 4.69) is 88.1 Å². The van der Waals surface area contributed by atoms with Crippen LogP contribution in [-0.2, 0) is 29.3 Å². The number of methoxy groups -OCH3 is 1. The van der Waals surface area contributed by atoms with Crippen molar-refractivity contribution in [2.45, 2.75) is 118 Å². The maximum Gasteiger partial charge on any atom is 0.240 e. The van der Waals surface area contributed by atoms with Gasteiger partial charge in [-0.15, -0.1) is 0 Å². The van der Waals surface area contributed by atoms with Crippen LogP contribution >= 0.6 is 0 Å². The molecule has 2 aromatic rings. The normalized spacial score (nSPS) is 30.9. The number of hydroxylamine groups is 2. The second-order valence-electron chi connectivity index (χ2n) is 17.8. The van der Waals surface area contributed by atoms with Gasteiger partial charge in [-0.1, -0.05) is 65.0 Å². The van der Waals surface area contributed by atoms with Crippen LogP contribution in [0.4, 0.5) is 4.39 Å². The lowest BCUT2D eigenvalue weighted by molar-refractivity contribution is -0.310. The quantitative estimate of drug-likeness (QED) is 0.215. The van der Waals surface area contributed by atoms with E-state index in [1.54, 1.807) is 25.2 Å². The zero-order valence-corrected chi connectivity index (χ0v) is 32.5. The molecule has 4 aliphatic carbocycles. The van der Waals surface area contributed by atoms with Crippen molar-refractivity contribution >= 4 is 5.91 Å². The van der Waals surface area contributed by atoms with E-state index in [-0.39, 0.29) is 35.1 Å². The van der Waals surface area contributed by atoms with Crippen LogP contribution in [-0.4, -0.2) is 84.5 Å². The van der Waals surface area contributed by atoms with Gasteiger partial charge in [0, 0.05) is 43.2 Å². The van der Waals surface area contributed by atoms with Gasteiger partial charge in [0.2, 0.25) is 5.91 Å². The number of benzene rings is 2. The Kier molecular flexibility index (Phi) is 11.0. The lowest BCUT2D eigenvalue weighted by atomic mass is 9.24. The van der Waals surface area contributed by atoms with Gasteiger partial charge < -0.3 is 20.1 Å². The van der Waals surface area contributed by atoms with E-state index in [9.17, 15) is 9.90 Å². The lowest BCUT2D eigenvalue weighted by Gasteiger charge is -2.81. The van der Waals surface area contributed by atoms with Gasteiger partial charge in [-0.05, 0) is 104 Å². The highest BCUT2D eigenvalue weighted by Gasteiger charge is 2.77. The molecule has 1 heterocycles. The number of ether oxygens (including phenoxy) is 1. The number of aliphatic hydroxyl groups is 1. The third-order valence-corrected chi connectivity index (χ3v) is 13.9. The molecule has 1 aliphatic heterocycles. The van der Waals surface area contributed by atoms with Crippen LogP contribution in [0.3, 0.4) is 0 Å². The third kappa shape index (κ3) is 6.98. The highest BCUT2D eigenvalue weighted by Crippen LogP contribution is 2.82. The van der Waals surface area contributed by atoms with E-state index in [4.69, 9.17) is 9.57 Å². The van der Waals surface area contributed by atoms with Gasteiger partial charge >= 0.3 is 0 Å². The van der Waals surface area contributed by atoms with Gasteiger partial charge in [0.15, 0.2) is 0 Å². The number of hydrogen-bond acceptors (Lipinski definition) is 7. The smallest absolute Gasteiger partial charge is 0.240 e. The fraction of sp³-hybridized carbons (Fsp3) is 0.690. The second kappa shape index (κ2) is 14.7. The molecule has 2 N–H and O–H groups in total. The summed E-state index contributed by atoms with van der Waals surface area (Å²) in [7, 11) is 5.76. The number of likely N-dealkylation sites (N-methyl/N-ethyl adjacent to an activating group) is 1. The minimum absolute atomic E-state index is 0.0350. The van der Waals surface area contributed by atoms with E-state index in [0.29, 0.717) is 60.2 Å². The van der Waals surface area contributed by atoms with Crippen LogP contribution in [0.15, 0.2) is 42.5 Å². The summed E-state index contributed by atoms with van der Waals surface area (Å²) in [5.41, 5.74) is 3.46. The number of fused-ring (bicyclic) bond motifs is 1. The third-order valence-electron chi connectivity index (χ3n) is 13.9. The molecule has 2 aromatic carbocycles. The molecule has 8 atom stereocenters. The van der Waals surface area contributed by atoms with Crippen LogP contribution in [0.2, 0.25) is 0 Å². The first kappa shape index (κ1) is 38.2. The molecule has 4 saturated carbocycles. The molecule has 2 bridgehead atoms. The Morgan fingerprint density at radius 1 is 1.10 bits per heavy atom. The Hall–Kier alpha value is -2.56. The largest absolute Gasteiger partial charge is 0.496 e.